The van der Waals surface area contributed by atoms with Gasteiger partial charge in [-0.2, -0.15) is 5.10 Å². The van der Waals surface area contributed by atoms with E-state index in [2.05, 4.69) is 5.10 Å². The maximum Gasteiger partial charge on any atom is 0.272 e. The van der Waals surface area contributed by atoms with Gasteiger partial charge in [0.1, 0.15) is 6.54 Å². The molecular weight excluding hydrogens is 368 g/mol. The molecular formula is C19H21ClN4O3. The molecule has 0 aliphatic carbocycles. The number of carbonyl (C=O) groups excluding carboxylic acids is 2. The number of aryl methyl sites for hydroxylation is 1. The summed E-state index contributed by atoms with van der Waals surface area (Å²) in [6, 6.07) is 9.36. The third kappa shape index (κ3) is 3.84. The number of rotatable bonds is 4. The molecule has 2 aliphatic heterocycles. The second-order valence-corrected chi connectivity index (χ2v) is 7.28. The Bertz CT molecular complexity index is 860. The van der Waals surface area contributed by atoms with Crippen LogP contribution < -0.4 is 0 Å². The molecule has 0 radical (unpaired) electrons. The SMILES string of the molecule is Cc1cc(-c2ccc(Cl)cc2)nn1CC(=O)N1CCCCN1C(=O)C1CO1. The van der Waals surface area contributed by atoms with Crippen molar-refractivity contribution in [1.29, 1.82) is 0 Å². The number of halogens is 1. The van der Waals surface area contributed by atoms with Gasteiger partial charge in [-0.05, 0) is 38.0 Å². The summed E-state index contributed by atoms with van der Waals surface area (Å²) in [5.41, 5.74) is 2.61. The summed E-state index contributed by atoms with van der Waals surface area (Å²) in [7, 11) is 0. The van der Waals surface area contributed by atoms with E-state index in [9.17, 15) is 9.59 Å². The summed E-state index contributed by atoms with van der Waals surface area (Å²) >= 11 is 5.94. The van der Waals surface area contributed by atoms with Crippen LogP contribution in [0.25, 0.3) is 11.3 Å². The van der Waals surface area contributed by atoms with Crippen molar-refractivity contribution in [3.8, 4) is 11.3 Å². The first-order valence-electron chi connectivity index (χ1n) is 9.06. The van der Waals surface area contributed by atoms with E-state index in [0.29, 0.717) is 24.7 Å². The van der Waals surface area contributed by atoms with Gasteiger partial charge in [0, 0.05) is 29.4 Å². The smallest absolute Gasteiger partial charge is 0.272 e. The standard InChI is InChI=1S/C19H21ClN4O3/c1-13-10-16(14-4-6-15(20)7-5-14)21-22(13)11-18(25)23-8-2-3-9-24(23)19(26)17-12-27-17/h4-7,10,17H,2-3,8-9,11-12H2,1H3. The van der Waals surface area contributed by atoms with Gasteiger partial charge in [-0.25, -0.2) is 10.0 Å². The van der Waals surface area contributed by atoms with Crippen LogP contribution >= 0.6 is 11.6 Å². The van der Waals surface area contributed by atoms with Crippen LogP contribution in [0.3, 0.4) is 0 Å². The Hall–Kier alpha value is -2.38. The second-order valence-electron chi connectivity index (χ2n) is 6.84. The van der Waals surface area contributed by atoms with Crippen LogP contribution in [-0.2, 0) is 20.9 Å². The predicted octanol–water partition coefficient (Wildman–Crippen LogP) is 2.28. The van der Waals surface area contributed by atoms with E-state index in [4.69, 9.17) is 16.3 Å². The number of amides is 2. The highest BCUT2D eigenvalue weighted by Gasteiger charge is 2.39. The van der Waals surface area contributed by atoms with Gasteiger partial charge in [-0.1, -0.05) is 23.7 Å². The summed E-state index contributed by atoms with van der Waals surface area (Å²) in [5.74, 6) is -0.264. The molecule has 2 amide bonds. The molecule has 7 nitrogen and oxygen atoms in total. The minimum atomic E-state index is -0.388. The van der Waals surface area contributed by atoms with Crippen molar-refractivity contribution in [3.63, 3.8) is 0 Å². The van der Waals surface area contributed by atoms with Crippen LogP contribution in [0.1, 0.15) is 18.5 Å². The van der Waals surface area contributed by atoms with Crippen molar-refractivity contribution in [2.24, 2.45) is 0 Å². The molecule has 3 heterocycles. The van der Waals surface area contributed by atoms with Crippen LogP contribution in [0, 0.1) is 6.92 Å². The Kier molecular flexibility index (Phi) is 4.88. The highest BCUT2D eigenvalue weighted by atomic mass is 35.5. The van der Waals surface area contributed by atoms with Crippen molar-refractivity contribution >= 4 is 23.4 Å². The summed E-state index contributed by atoms with van der Waals surface area (Å²) in [6.07, 6.45) is 1.39. The van der Waals surface area contributed by atoms with Gasteiger partial charge in [0.15, 0.2) is 6.10 Å². The van der Waals surface area contributed by atoms with Crippen molar-refractivity contribution in [3.05, 3.63) is 41.0 Å². The van der Waals surface area contributed by atoms with Gasteiger partial charge in [0.2, 0.25) is 0 Å². The molecule has 142 valence electrons. The lowest BCUT2D eigenvalue weighted by Crippen LogP contribution is -2.55. The molecule has 0 bridgehead atoms. The molecule has 0 N–H and O–H groups in total. The van der Waals surface area contributed by atoms with Crippen LogP contribution in [0.4, 0.5) is 0 Å². The third-order valence-corrected chi connectivity index (χ3v) is 5.09. The fourth-order valence-corrected chi connectivity index (χ4v) is 3.38. The number of epoxide rings is 1. The average Bonchev–Trinajstić information content (AvgIpc) is 3.46. The summed E-state index contributed by atoms with van der Waals surface area (Å²) < 4.78 is 6.77. The van der Waals surface area contributed by atoms with Crippen molar-refractivity contribution in [2.45, 2.75) is 32.4 Å². The maximum absolute atomic E-state index is 12.9. The van der Waals surface area contributed by atoms with Crippen LogP contribution in [-0.4, -0.2) is 57.4 Å². The molecule has 1 unspecified atom stereocenters. The second kappa shape index (κ2) is 7.32. The minimum absolute atomic E-state index is 0.0920. The quantitative estimate of drug-likeness (QED) is 0.753. The fraction of sp³-hybridized carbons (Fsp3) is 0.421. The van der Waals surface area contributed by atoms with Gasteiger partial charge in [-0.15, -0.1) is 0 Å². The minimum Gasteiger partial charge on any atom is -0.363 e. The number of ether oxygens (including phenoxy) is 1. The van der Waals surface area contributed by atoms with E-state index < -0.39 is 0 Å². The van der Waals surface area contributed by atoms with Gasteiger partial charge < -0.3 is 4.74 Å². The first-order chi connectivity index (χ1) is 13.0. The number of carbonyl (C=O) groups is 2. The van der Waals surface area contributed by atoms with Gasteiger partial charge >= 0.3 is 0 Å². The topological polar surface area (TPSA) is 71.0 Å². The Balaban J connectivity index is 1.50. The lowest BCUT2D eigenvalue weighted by molar-refractivity contribution is -0.169. The van der Waals surface area contributed by atoms with Crippen LogP contribution in [0.5, 0.6) is 0 Å². The van der Waals surface area contributed by atoms with Crippen LogP contribution in [0.2, 0.25) is 5.02 Å². The Morgan fingerprint density at radius 3 is 2.52 bits per heavy atom. The molecule has 8 heteroatoms. The van der Waals surface area contributed by atoms with Gasteiger partial charge in [-0.3, -0.25) is 14.3 Å². The molecule has 1 aromatic carbocycles. The van der Waals surface area contributed by atoms with Crippen LogP contribution in [0.15, 0.2) is 30.3 Å². The van der Waals surface area contributed by atoms with E-state index in [1.165, 1.54) is 0 Å². The molecule has 2 fully saturated rings. The molecule has 4 rings (SSSR count). The van der Waals surface area contributed by atoms with Crippen molar-refractivity contribution < 1.29 is 14.3 Å². The maximum atomic E-state index is 12.9. The number of hydrogen-bond acceptors (Lipinski definition) is 4. The zero-order chi connectivity index (χ0) is 19.0. The Morgan fingerprint density at radius 2 is 1.85 bits per heavy atom. The average molecular weight is 389 g/mol. The van der Waals surface area contributed by atoms with E-state index in [1.54, 1.807) is 14.7 Å². The number of benzene rings is 1. The number of hydrogen-bond donors (Lipinski definition) is 0. The monoisotopic (exact) mass is 388 g/mol. The van der Waals surface area contributed by atoms with E-state index in [1.807, 2.05) is 37.3 Å². The zero-order valence-electron chi connectivity index (χ0n) is 15.1. The largest absolute Gasteiger partial charge is 0.363 e. The van der Waals surface area contributed by atoms with Crippen molar-refractivity contribution in [1.82, 2.24) is 19.8 Å². The highest BCUT2D eigenvalue weighted by molar-refractivity contribution is 6.30. The number of aromatic nitrogens is 2. The van der Waals surface area contributed by atoms with E-state index >= 15 is 0 Å². The molecule has 0 spiro atoms. The molecule has 2 saturated heterocycles. The van der Waals surface area contributed by atoms with E-state index in [0.717, 1.165) is 29.8 Å². The van der Waals surface area contributed by atoms with Gasteiger partial charge in [0.05, 0.1) is 12.3 Å². The summed E-state index contributed by atoms with van der Waals surface area (Å²) in [6.45, 7) is 3.55. The first kappa shape index (κ1) is 18.0. The molecule has 0 saturated carbocycles. The first-order valence-corrected chi connectivity index (χ1v) is 9.44. The predicted molar refractivity (Wildman–Crippen MR) is 99.8 cm³/mol. The summed E-state index contributed by atoms with van der Waals surface area (Å²) in [5, 5.41) is 8.32. The fourth-order valence-electron chi connectivity index (χ4n) is 3.25. The Labute approximate surface area is 162 Å². The Morgan fingerprint density at radius 1 is 1.19 bits per heavy atom. The molecule has 1 atom stereocenters. The third-order valence-electron chi connectivity index (χ3n) is 4.84. The van der Waals surface area contributed by atoms with Crippen molar-refractivity contribution in [2.75, 3.05) is 19.7 Å². The molecule has 27 heavy (non-hydrogen) atoms. The molecule has 2 aromatic rings. The normalized spacial score (nSPS) is 19.3. The zero-order valence-corrected chi connectivity index (χ0v) is 15.9. The number of nitrogens with zero attached hydrogens (tertiary/aromatic N) is 4. The lowest BCUT2D eigenvalue weighted by atomic mass is 10.1. The van der Waals surface area contributed by atoms with Gasteiger partial charge in [0.25, 0.3) is 11.8 Å². The van der Waals surface area contributed by atoms with E-state index in [-0.39, 0.29) is 24.5 Å². The molecule has 2 aliphatic rings. The number of hydrazine groups is 1. The highest BCUT2D eigenvalue weighted by Crippen LogP contribution is 2.22. The lowest BCUT2D eigenvalue weighted by Gasteiger charge is -2.38. The summed E-state index contributed by atoms with van der Waals surface area (Å²) in [4.78, 5) is 25.3. The molecule has 1 aromatic heterocycles.